The number of thioether (sulfide) groups is 1. The van der Waals surface area contributed by atoms with Crippen LogP contribution in [0.25, 0.3) is 0 Å². The van der Waals surface area contributed by atoms with Gasteiger partial charge in [0.25, 0.3) is 0 Å². The first-order valence-electron chi connectivity index (χ1n) is 5.83. The molecule has 2 nitrogen and oxygen atoms in total. The van der Waals surface area contributed by atoms with Crippen LogP contribution >= 0.6 is 27.7 Å². The van der Waals surface area contributed by atoms with Crippen LogP contribution in [-0.4, -0.2) is 17.3 Å². The number of nitrogens with one attached hydrogen (secondary N) is 1. The topological polar surface area (TPSA) is 24.9 Å². The van der Waals surface area contributed by atoms with Gasteiger partial charge in [0.1, 0.15) is 0 Å². The highest BCUT2D eigenvalue weighted by molar-refractivity contribution is 9.10. The summed E-state index contributed by atoms with van der Waals surface area (Å²) >= 11 is 5.33. The molecule has 0 aliphatic carbocycles. The number of aromatic nitrogens is 1. The standard InChI is InChI=1S/C14H15BrN2S/c15-12-4-3-6-14(10-12)18-9-8-16-11-13-5-1-2-7-17-13/h1-7,10,16H,8-9,11H2. The van der Waals surface area contributed by atoms with E-state index in [4.69, 9.17) is 0 Å². The van der Waals surface area contributed by atoms with Gasteiger partial charge in [-0.1, -0.05) is 28.1 Å². The number of rotatable bonds is 6. The molecule has 0 saturated heterocycles. The third-order valence-corrected chi connectivity index (χ3v) is 3.86. The van der Waals surface area contributed by atoms with E-state index in [1.165, 1.54) is 4.90 Å². The molecule has 0 amide bonds. The van der Waals surface area contributed by atoms with E-state index >= 15 is 0 Å². The van der Waals surface area contributed by atoms with E-state index in [2.05, 4.69) is 44.4 Å². The third kappa shape index (κ3) is 4.80. The molecule has 0 saturated carbocycles. The molecule has 0 fully saturated rings. The van der Waals surface area contributed by atoms with E-state index in [1.807, 2.05) is 42.2 Å². The van der Waals surface area contributed by atoms with Crippen molar-refractivity contribution in [3.8, 4) is 0 Å². The number of nitrogens with zero attached hydrogens (tertiary/aromatic N) is 1. The van der Waals surface area contributed by atoms with Crippen LogP contribution < -0.4 is 5.32 Å². The SMILES string of the molecule is Brc1cccc(SCCNCc2ccccn2)c1. The Kier molecular flexibility index (Phi) is 5.71. The lowest BCUT2D eigenvalue weighted by Gasteiger charge is -2.04. The predicted molar refractivity (Wildman–Crippen MR) is 80.8 cm³/mol. The van der Waals surface area contributed by atoms with E-state index in [9.17, 15) is 0 Å². The molecular weight excluding hydrogens is 308 g/mol. The lowest BCUT2D eigenvalue weighted by Crippen LogP contribution is -2.17. The van der Waals surface area contributed by atoms with Gasteiger partial charge in [0.2, 0.25) is 0 Å². The second kappa shape index (κ2) is 7.56. The van der Waals surface area contributed by atoms with Gasteiger partial charge in [-0.2, -0.15) is 0 Å². The van der Waals surface area contributed by atoms with Crippen molar-refractivity contribution >= 4 is 27.7 Å². The zero-order valence-corrected chi connectivity index (χ0v) is 12.4. The van der Waals surface area contributed by atoms with Gasteiger partial charge >= 0.3 is 0 Å². The number of halogens is 1. The van der Waals surface area contributed by atoms with Gasteiger partial charge < -0.3 is 5.32 Å². The minimum atomic E-state index is 0.833. The summed E-state index contributed by atoms with van der Waals surface area (Å²) in [5, 5.41) is 3.39. The molecule has 0 aliphatic rings. The van der Waals surface area contributed by atoms with Gasteiger partial charge in [-0.3, -0.25) is 4.98 Å². The van der Waals surface area contributed by atoms with E-state index < -0.39 is 0 Å². The van der Waals surface area contributed by atoms with Crippen LogP contribution in [0.5, 0.6) is 0 Å². The highest BCUT2D eigenvalue weighted by atomic mass is 79.9. The fourth-order valence-electron chi connectivity index (χ4n) is 1.52. The zero-order chi connectivity index (χ0) is 12.6. The van der Waals surface area contributed by atoms with E-state index in [-0.39, 0.29) is 0 Å². The molecule has 18 heavy (non-hydrogen) atoms. The Balaban J connectivity index is 1.65. The monoisotopic (exact) mass is 322 g/mol. The molecule has 0 unspecified atom stereocenters. The molecule has 0 bridgehead atoms. The van der Waals surface area contributed by atoms with Crippen LogP contribution in [-0.2, 0) is 6.54 Å². The van der Waals surface area contributed by atoms with Crippen LogP contribution in [0, 0.1) is 0 Å². The van der Waals surface area contributed by atoms with Crippen LogP contribution in [0.1, 0.15) is 5.69 Å². The molecule has 1 N–H and O–H groups in total. The number of hydrogen-bond donors (Lipinski definition) is 1. The number of benzene rings is 1. The molecule has 2 aromatic rings. The minimum Gasteiger partial charge on any atom is -0.310 e. The summed E-state index contributed by atoms with van der Waals surface area (Å²) < 4.78 is 1.13. The van der Waals surface area contributed by atoms with Crippen LogP contribution in [0.15, 0.2) is 58.0 Å². The number of hydrogen-bond acceptors (Lipinski definition) is 3. The maximum Gasteiger partial charge on any atom is 0.0541 e. The molecule has 0 radical (unpaired) electrons. The Morgan fingerprint density at radius 1 is 1.17 bits per heavy atom. The Morgan fingerprint density at radius 3 is 2.89 bits per heavy atom. The lowest BCUT2D eigenvalue weighted by molar-refractivity contribution is 0.715. The first-order valence-corrected chi connectivity index (χ1v) is 7.61. The van der Waals surface area contributed by atoms with Crippen molar-refractivity contribution in [3.63, 3.8) is 0 Å². The van der Waals surface area contributed by atoms with Gasteiger partial charge in [0, 0.05) is 34.4 Å². The maximum absolute atomic E-state index is 4.27. The summed E-state index contributed by atoms with van der Waals surface area (Å²) in [4.78, 5) is 5.57. The molecule has 94 valence electrons. The second-order valence-corrected chi connectivity index (χ2v) is 5.89. The zero-order valence-electron chi connectivity index (χ0n) is 9.97. The largest absolute Gasteiger partial charge is 0.310 e. The van der Waals surface area contributed by atoms with Crippen LogP contribution in [0.4, 0.5) is 0 Å². The molecule has 0 atom stereocenters. The van der Waals surface area contributed by atoms with Crippen LogP contribution in [0.2, 0.25) is 0 Å². The fourth-order valence-corrected chi connectivity index (χ4v) is 2.93. The highest BCUT2D eigenvalue weighted by Crippen LogP contribution is 2.21. The van der Waals surface area contributed by atoms with Crippen molar-refractivity contribution < 1.29 is 0 Å². The van der Waals surface area contributed by atoms with E-state index in [0.717, 1.165) is 29.0 Å². The predicted octanol–water partition coefficient (Wildman–Crippen LogP) is 3.73. The smallest absolute Gasteiger partial charge is 0.0541 e. The van der Waals surface area contributed by atoms with Crippen molar-refractivity contribution in [1.82, 2.24) is 10.3 Å². The molecule has 1 aromatic heterocycles. The van der Waals surface area contributed by atoms with Gasteiger partial charge in [-0.05, 0) is 30.3 Å². The first kappa shape index (κ1) is 13.6. The van der Waals surface area contributed by atoms with Crippen LogP contribution in [0.3, 0.4) is 0 Å². The second-order valence-electron chi connectivity index (χ2n) is 3.80. The normalized spacial score (nSPS) is 10.5. The van der Waals surface area contributed by atoms with Crippen molar-refractivity contribution in [2.75, 3.05) is 12.3 Å². The molecule has 0 spiro atoms. The number of pyridine rings is 1. The van der Waals surface area contributed by atoms with Crippen molar-refractivity contribution in [3.05, 3.63) is 58.8 Å². The van der Waals surface area contributed by atoms with Gasteiger partial charge in [0.15, 0.2) is 0 Å². The van der Waals surface area contributed by atoms with Crippen molar-refractivity contribution in [2.24, 2.45) is 0 Å². The molecule has 1 heterocycles. The Hall–Kier alpha value is -0.840. The maximum atomic E-state index is 4.27. The summed E-state index contributed by atoms with van der Waals surface area (Å²) in [5.74, 6) is 1.06. The molecule has 0 aliphatic heterocycles. The summed E-state index contributed by atoms with van der Waals surface area (Å²) in [5.41, 5.74) is 1.09. The van der Waals surface area contributed by atoms with E-state index in [1.54, 1.807) is 0 Å². The summed E-state index contributed by atoms with van der Waals surface area (Å²) in [6.45, 7) is 1.81. The first-order chi connectivity index (χ1) is 8.84. The van der Waals surface area contributed by atoms with Gasteiger partial charge in [0.05, 0.1) is 5.69 Å². The summed E-state index contributed by atoms with van der Waals surface area (Å²) in [6, 6.07) is 14.4. The Morgan fingerprint density at radius 2 is 2.11 bits per heavy atom. The molecule has 2 rings (SSSR count). The van der Waals surface area contributed by atoms with Gasteiger partial charge in [-0.25, -0.2) is 0 Å². The molecule has 4 heteroatoms. The summed E-state index contributed by atoms with van der Waals surface area (Å²) in [6.07, 6.45) is 1.83. The summed E-state index contributed by atoms with van der Waals surface area (Å²) in [7, 11) is 0. The highest BCUT2D eigenvalue weighted by Gasteiger charge is 1.96. The minimum absolute atomic E-state index is 0.833. The van der Waals surface area contributed by atoms with Crippen molar-refractivity contribution in [1.29, 1.82) is 0 Å². The van der Waals surface area contributed by atoms with Gasteiger partial charge in [-0.15, -0.1) is 11.8 Å². The van der Waals surface area contributed by atoms with Crippen molar-refractivity contribution in [2.45, 2.75) is 11.4 Å². The quantitative estimate of drug-likeness (QED) is 0.648. The Bertz CT molecular complexity index is 476. The Labute approximate surface area is 120 Å². The average molecular weight is 323 g/mol. The lowest BCUT2D eigenvalue weighted by atomic mass is 10.3. The average Bonchev–Trinajstić information content (AvgIpc) is 2.40. The fraction of sp³-hybridized carbons (Fsp3) is 0.214. The molecule has 1 aromatic carbocycles. The molecular formula is C14H15BrN2S. The third-order valence-electron chi connectivity index (χ3n) is 2.38. The van der Waals surface area contributed by atoms with E-state index in [0.29, 0.717) is 0 Å².